The molecule has 0 aliphatic carbocycles. The second-order valence-electron chi connectivity index (χ2n) is 9.87. The number of hydrogen-bond acceptors (Lipinski definition) is 7. The highest BCUT2D eigenvalue weighted by Crippen LogP contribution is 2.25. The van der Waals surface area contributed by atoms with Gasteiger partial charge in [-0.15, -0.1) is 0 Å². The van der Waals surface area contributed by atoms with E-state index in [2.05, 4.69) is 15.3 Å². The first-order chi connectivity index (χ1) is 19.7. The summed E-state index contributed by atoms with van der Waals surface area (Å²) < 4.78 is 8.30. The van der Waals surface area contributed by atoms with Crippen molar-refractivity contribution in [3.8, 4) is 22.7 Å². The minimum absolute atomic E-state index is 0.0605. The smallest absolute Gasteiger partial charge is 0.407 e. The molecule has 0 saturated carbocycles. The SMILES string of the molecule is CC1Cn2c(c(C(=O)NCc3ccccc3-c3ccncn3)n(-c3ccc(OC[C@@H](C)O)cc3)c2=O)CN1C(=O)O. The van der Waals surface area contributed by atoms with E-state index in [1.165, 1.54) is 20.4 Å². The third kappa shape index (κ3) is 5.68. The van der Waals surface area contributed by atoms with Gasteiger partial charge in [-0.05, 0) is 49.7 Å². The van der Waals surface area contributed by atoms with Crippen molar-refractivity contribution in [2.24, 2.45) is 0 Å². The van der Waals surface area contributed by atoms with Crippen LogP contribution in [-0.4, -0.2) is 65.0 Å². The van der Waals surface area contributed by atoms with Gasteiger partial charge in [0, 0.05) is 24.8 Å². The highest BCUT2D eigenvalue weighted by molar-refractivity contribution is 5.94. The number of ether oxygens (including phenoxy) is 1. The van der Waals surface area contributed by atoms with E-state index in [1.807, 2.05) is 24.3 Å². The number of amides is 2. The first kappa shape index (κ1) is 27.6. The van der Waals surface area contributed by atoms with E-state index in [-0.39, 0.29) is 31.9 Å². The zero-order chi connectivity index (χ0) is 29.1. The Bertz CT molecular complexity index is 1610. The zero-order valence-electron chi connectivity index (χ0n) is 22.6. The largest absolute Gasteiger partial charge is 0.491 e. The van der Waals surface area contributed by atoms with Crippen molar-refractivity contribution in [2.45, 2.75) is 45.6 Å². The number of carboxylic acid groups (broad SMARTS) is 1. The molecule has 212 valence electrons. The third-order valence-corrected chi connectivity index (χ3v) is 6.91. The number of hydrogen-bond donors (Lipinski definition) is 3. The molecule has 0 fully saturated rings. The summed E-state index contributed by atoms with van der Waals surface area (Å²) in [6.07, 6.45) is 1.31. The zero-order valence-corrected chi connectivity index (χ0v) is 22.6. The topological polar surface area (TPSA) is 152 Å². The molecule has 2 atom stereocenters. The monoisotopic (exact) mass is 558 g/mol. The number of carbonyl (C=O) groups is 2. The molecule has 3 heterocycles. The number of carbonyl (C=O) groups excluding carboxylic acids is 1. The van der Waals surface area contributed by atoms with Gasteiger partial charge in [-0.2, -0.15) is 0 Å². The van der Waals surface area contributed by atoms with Gasteiger partial charge in [-0.3, -0.25) is 18.8 Å². The van der Waals surface area contributed by atoms with E-state index in [4.69, 9.17) is 4.74 Å². The second-order valence-corrected chi connectivity index (χ2v) is 9.87. The summed E-state index contributed by atoms with van der Waals surface area (Å²) in [5, 5.41) is 22.2. The van der Waals surface area contributed by atoms with Crippen LogP contribution in [0.2, 0.25) is 0 Å². The van der Waals surface area contributed by atoms with E-state index < -0.39 is 29.8 Å². The lowest BCUT2D eigenvalue weighted by atomic mass is 10.0. The Balaban J connectivity index is 1.52. The molecule has 0 saturated heterocycles. The lowest BCUT2D eigenvalue weighted by Gasteiger charge is -2.32. The third-order valence-electron chi connectivity index (χ3n) is 6.91. The first-order valence-electron chi connectivity index (χ1n) is 13.1. The maximum Gasteiger partial charge on any atom is 0.407 e. The fraction of sp³-hybridized carbons (Fsp3) is 0.276. The standard InChI is InChI=1S/C29H30N6O6/c1-18-14-34-25(15-33(18)29(39)40)26(35(28(34)38)21-7-9-22(10-8-21)41-16-19(2)36)27(37)31-13-20-5-3-4-6-23(20)24-11-12-30-17-32-24/h3-12,17-19,36H,13-16H2,1-2H3,(H,31,37)(H,39,40)/t18?,19-/m1/s1. The Morgan fingerprint density at radius 1 is 1.15 bits per heavy atom. The average molecular weight is 559 g/mol. The summed E-state index contributed by atoms with van der Waals surface area (Å²) in [7, 11) is 0. The van der Waals surface area contributed by atoms with Crippen LogP contribution in [0.3, 0.4) is 0 Å². The average Bonchev–Trinajstić information content (AvgIpc) is 3.26. The van der Waals surface area contributed by atoms with Crippen molar-refractivity contribution in [3.05, 3.63) is 94.6 Å². The molecule has 1 unspecified atom stereocenters. The number of rotatable bonds is 8. The Kier molecular flexibility index (Phi) is 7.83. The number of nitrogens with zero attached hydrogens (tertiary/aromatic N) is 5. The van der Waals surface area contributed by atoms with Crippen molar-refractivity contribution in [2.75, 3.05) is 6.61 Å². The van der Waals surface area contributed by atoms with Crippen LogP contribution in [-0.2, 0) is 19.6 Å². The molecule has 2 aromatic carbocycles. The van der Waals surface area contributed by atoms with Crippen molar-refractivity contribution >= 4 is 12.0 Å². The van der Waals surface area contributed by atoms with Crippen LogP contribution in [0.1, 0.15) is 35.6 Å². The van der Waals surface area contributed by atoms with Crippen LogP contribution >= 0.6 is 0 Å². The Labute approximate surface area is 235 Å². The molecule has 1 aliphatic heterocycles. The molecule has 12 heteroatoms. The van der Waals surface area contributed by atoms with Gasteiger partial charge >= 0.3 is 11.8 Å². The molecule has 41 heavy (non-hydrogen) atoms. The van der Waals surface area contributed by atoms with Crippen LogP contribution < -0.4 is 15.7 Å². The maximum atomic E-state index is 13.8. The first-order valence-corrected chi connectivity index (χ1v) is 13.1. The predicted octanol–water partition coefficient (Wildman–Crippen LogP) is 2.67. The van der Waals surface area contributed by atoms with E-state index in [0.29, 0.717) is 22.8 Å². The van der Waals surface area contributed by atoms with Gasteiger partial charge in [-0.25, -0.2) is 19.6 Å². The molecule has 5 rings (SSSR count). The molecule has 2 amide bonds. The number of nitrogens with one attached hydrogen (secondary N) is 1. The van der Waals surface area contributed by atoms with Gasteiger partial charge < -0.3 is 20.3 Å². The number of benzene rings is 2. The highest BCUT2D eigenvalue weighted by atomic mass is 16.5. The lowest BCUT2D eigenvalue weighted by Crippen LogP contribution is -2.46. The van der Waals surface area contributed by atoms with E-state index in [9.17, 15) is 24.6 Å². The van der Waals surface area contributed by atoms with Crippen LogP contribution in [0.5, 0.6) is 5.75 Å². The van der Waals surface area contributed by atoms with Gasteiger partial charge in [0.25, 0.3) is 5.91 Å². The molecule has 2 aromatic heterocycles. The van der Waals surface area contributed by atoms with E-state index in [1.54, 1.807) is 50.4 Å². The molecule has 12 nitrogen and oxygen atoms in total. The Hall–Kier alpha value is -4.97. The summed E-state index contributed by atoms with van der Waals surface area (Å²) in [6, 6.07) is 15.4. The fourth-order valence-electron chi connectivity index (χ4n) is 4.89. The quantitative estimate of drug-likeness (QED) is 0.299. The number of aliphatic hydroxyl groups is 1. The van der Waals surface area contributed by atoms with E-state index in [0.717, 1.165) is 11.1 Å². The van der Waals surface area contributed by atoms with Crippen LogP contribution in [0.4, 0.5) is 4.79 Å². The van der Waals surface area contributed by atoms with Gasteiger partial charge in [-0.1, -0.05) is 24.3 Å². The Morgan fingerprint density at radius 3 is 2.59 bits per heavy atom. The molecule has 0 radical (unpaired) electrons. The van der Waals surface area contributed by atoms with Gasteiger partial charge in [0.15, 0.2) is 0 Å². The minimum Gasteiger partial charge on any atom is -0.491 e. The van der Waals surface area contributed by atoms with Crippen LogP contribution in [0.15, 0.2) is 71.9 Å². The molecular formula is C29H30N6O6. The molecule has 4 aromatic rings. The van der Waals surface area contributed by atoms with Crippen LogP contribution in [0, 0.1) is 0 Å². The number of aromatic nitrogens is 4. The number of fused-ring (bicyclic) bond motifs is 1. The summed E-state index contributed by atoms with van der Waals surface area (Å²) in [5.74, 6) is -0.0349. The van der Waals surface area contributed by atoms with Gasteiger partial charge in [0.05, 0.1) is 35.8 Å². The molecule has 3 N–H and O–H groups in total. The normalized spacial score (nSPS) is 15.2. The van der Waals surface area contributed by atoms with Gasteiger partial charge in [0.1, 0.15) is 24.4 Å². The lowest BCUT2D eigenvalue weighted by molar-refractivity contribution is 0.0926. The molecule has 0 bridgehead atoms. The highest BCUT2D eigenvalue weighted by Gasteiger charge is 2.35. The van der Waals surface area contributed by atoms with Crippen molar-refractivity contribution in [1.82, 2.24) is 29.3 Å². The summed E-state index contributed by atoms with van der Waals surface area (Å²) in [4.78, 5) is 48.9. The molecule has 0 spiro atoms. The molecular weight excluding hydrogens is 528 g/mol. The number of imidazole rings is 1. The Morgan fingerprint density at radius 2 is 1.90 bits per heavy atom. The second kappa shape index (κ2) is 11.6. The van der Waals surface area contributed by atoms with Crippen molar-refractivity contribution in [1.29, 1.82) is 0 Å². The maximum absolute atomic E-state index is 13.8. The predicted molar refractivity (Wildman–Crippen MR) is 149 cm³/mol. The van der Waals surface area contributed by atoms with Gasteiger partial charge in [0.2, 0.25) is 0 Å². The summed E-state index contributed by atoms with van der Waals surface area (Å²) in [6.45, 7) is 3.57. The van der Waals surface area contributed by atoms with Crippen molar-refractivity contribution < 1.29 is 24.5 Å². The van der Waals surface area contributed by atoms with E-state index >= 15 is 0 Å². The summed E-state index contributed by atoms with van der Waals surface area (Å²) in [5.41, 5.74) is 2.68. The molecule has 1 aliphatic rings. The minimum atomic E-state index is -1.13. The number of aliphatic hydroxyl groups excluding tert-OH is 1. The fourth-order valence-corrected chi connectivity index (χ4v) is 4.89. The van der Waals surface area contributed by atoms with Crippen molar-refractivity contribution in [3.63, 3.8) is 0 Å². The summed E-state index contributed by atoms with van der Waals surface area (Å²) >= 11 is 0. The van der Waals surface area contributed by atoms with Crippen LogP contribution in [0.25, 0.3) is 16.9 Å².